The van der Waals surface area contributed by atoms with Gasteiger partial charge in [-0.15, -0.1) is 13.2 Å². The number of aliphatic hydroxyl groups is 1. The minimum absolute atomic E-state index is 0.108. The zero-order chi connectivity index (χ0) is 30.3. The van der Waals surface area contributed by atoms with Gasteiger partial charge in [0.1, 0.15) is 18.8 Å². The molecular formula is C22H26F9N3O6. The number of rotatable bonds is 10. The van der Waals surface area contributed by atoms with E-state index in [4.69, 9.17) is 0 Å². The van der Waals surface area contributed by atoms with Crippen molar-refractivity contribution in [1.82, 2.24) is 15.5 Å². The van der Waals surface area contributed by atoms with Crippen LogP contribution in [0.4, 0.5) is 39.5 Å². The van der Waals surface area contributed by atoms with Crippen LogP contribution in [0.5, 0.6) is 0 Å². The van der Waals surface area contributed by atoms with E-state index in [0.29, 0.717) is 17.7 Å². The number of alkyl halides is 9. The molecular weight excluding hydrogens is 573 g/mol. The molecule has 0 aromatic carbocycles. The Morgan fingerprint density at radius 2 is 1.68 bits per heavy atom. The largest absolute Gasteiger partial charge is 0.522 e. The van der Waals surface area contributed by atoms with Crippen LogP contribution in [0, 0.1) is 17.3 Å². The first kappa shape index (κ1) is 31.9. The molecule has 0 aromatic heterocycles. The van der Waals surface area contributed by atoms with Gasteiger partial charge in [0.05, 0.1) is 6.04 Å². The number of carbonyl (C=O) groups is 4. The van der Waals surface area contributed by atoms with Crippen LogP contribution in [-0.4, -0.2) is 90.1 Å². The summed E-state index contributed by atoms with van der Waals surface area (Å²) in [6.45, 7) is -1.58. The first-order chi connectivity index (χ1) is 18.2. The molecule has 3 rings (SSSR count). The van der Waals surface area contributed by atoms with Gasteiger partial charge in [-0.3, -0.25) is 23.9 Å². The molecule has 3 aliphatic rings. The molecule has 0 bridgehead atoms. The lowest BCUT2D eigenvalue weighted by Crippen LogP contribution is -2.54. The van der Waals surface area contributed by atoms with Crippen molar-refractivity contribution in [2.75, 3.05) is 19.7 Å². The maximum Gasteiger partial charge on any atom is 0.522 e. The summed E-state index contributed by atoms with van der Waals surface area (Å²) in [4.78, 5) is 51.0. The van der Waals surface area contributed by atoms with Gasteiger partial charge in [0.2, 0.25) is 11.8 Å². The molecule has 1 spiro atoms. The van der Waals surface area contributed by atoms with Crippen molar-refractivity contribution in [3.05, 3.63) is 0 Å². The van der Waals surface area contributed by atoms with E-state index in [2.05, 4.69) is 15.4 Å². The minimum atomic E-state index is -5.82. The SMILES string of the molecule is O=C(COC(F)(F)F)C(C[C@@H]1CCNC1=O)NC(=O)[C@@H]1CC2(CC2)CN1C(=O)C(O)CC(C(F)(F)F)C(F)(F)F. The molecule has 4 atom stereocenters. The number of Topliss-reactive ketones (excluding diaryl/α,β-unsaturated/α-hetero) is 1. The van der Waals surface area contributed by atoms with Gasteiger partial charge in [-0.1, -0.05) is 0 Å². The Kier molecular flexibility index (Phi) is 9.03. The second kappa shape index (κ2) is 11.3. The summed E-state index contributed by atoms with van der Waals surface area (Å²) in [5, 5.41) is 14.7. The second-order valence-corrected chi connectivity index (χ2v) is 10.3. The lowest BCUT2D eigenvalue weighted by molar-refractivity contribution is -0.321. The number of nitrogens with zero attached hydrogens (tertiary/aromatic N) is 1. The van der Waals surface area contributed by atoms with E-state index in [1.54, 1.807) is 0 Å². The molecule has 0 aromatic rings. The van der Waals surface area contributed by atoms with Crippen molar-refractivity contribution in [3.8, 4) is 0 Å². The Morgan fingerprint density at radius 3 is 2.15 bits per heavy atom. The Morgan fingerprint density at radius 1 is 1.07 bits per heavy atom. The quantitative estimate of drug-likeness (QED) is 0.330. The lowest BCUT2D eigenvalue weighted by atomic mass is 9.95. The van der Waals surface area contributed by atoms with Crippen LogP contribution in [0.1, 0.15) is 38.5 Å². The number of likely N-dealkylation sites (tertiary alicyclic amines) is 1. The van der Waals surface area contributed by atoms with Crippen LogP contribution in [-0.2, 0) is 23.9 Å². The van der Waals surface area contributed by atoms with Crippen LogP contribution >= 0.6 is 0 Å². The Labute approximate surface area is 220 Å². The number of ketones is 1. The van der Waals surface area contributed by atoms with Crippen LogP contribution in [0.25, 0.3) is 0 Å². The van der Waals surface area contributed by atoms with E-state index in [0.717, 1.165) is 0 Å². The summed E-state index contributed by atoms with van der Waals surface area (Å²) in [6.07, 6.45) is -21.1. The van der Waals surface area contributed by atoms with Gasteiger partial charge in [0.15, 0.2) is 11.7 Å². The van der Waals surface area contributed by atoms with E-state index in [1.165, 1.54) is 0 Å². The van der Waals surface area contributed by atoms with E-state index >= 15 is 0 Å². The first-order valence-corrected chi connectivity index (χ1v) is 12.2. The van der Waals surface area contributed by atoms with Gasteiger partial charge in [-0.25, -0.2) is 0 Å². The average Bonchev–Trinajstić information content (AvgIpc) is 3.27. The van der Waals surface area contributed by atoms with Gasteiger partial charge < -0.3 is 20.6 Å². The average molecular weight is 599 g/mol. The van der Waals surface area contributed by atoms with E-state index in [1.807, 2.05) is 0 Å². The number of ether oxygens (including phenoxy) is 1. The van der Waals surface area contributed by atoms with Crippen LogP contribution in [0.3, 0.4) is 0 Å². The third-order valence-electron chi connectivity index (χ3n) is 7.35. The zero-order valence-corrected chi connectivity index (χ0v) is 20.6. The first-order valence-electron chi connectivity index (χ1n) is 12.2. The van der Waals surface area contributed by atoms with E-state index in [-0.39, 0.29) is 25.9 Å². The Bertz CT molecular complexity index is 982. The lowest BCUT2D eigenvalue weighted by Gasteiger charge is -2.30. The predicted molar refractivity (Wildman–Crippen MR) is 113 cm³/mol. The third-order valence-corrected chi connectivity index (χ3v) is 7.35. The molecule has 1 saturated carbocycles. The number of amides is 3. The van der Waals surface area contributed by atoms with Gasteiger partial charge in [0.25, 0.3) is 5.91 Å². The van der Waals surface area contributed by atoms with E-state index < -0.39 is 97.1 Å². The highest BCUT2D eigenvalue weighted by Crippen LogP contribution is 2.55. The van der Waals surface area contributed by atoms with E-state index in [9.17, 15) is 63.8 Å². The molecule has 9 nitrogen and oxygen atoms in total. The predicted octanol–water partition coefficient (Wildman–Crippen LogP) is 1.98. The number of hydrogen-bond acceptors (Lipinski definition) is 6. The van der Waals surface area contributed by atoms with Crippen LogP contribution < -0.4 is 10.6 Å². The molecule has 2 aliphatic heterocycles. The number of carbonyl (C=O) groups excluding carboxylic acids is 4. The van der Waals surface area contributed by atoms with Crippen molar-refractivity contribution in [2.24, 2.45) is 17.3 Å². The molecule has 228 valence electrons. The summed E-state index contributed by atoms with van der Waals surface area (Å²) < 4.78 is 119. The van der Waals surface area contributed by atoms with Crippen LogP contribution in [0.2, 0.25) is 0 Å². The topological polar surface area (TPSA) is 125 Å². The molecule has 3 fully saturated rings. The molecule has 3 N–H and O–H groups in total. The monoisotopic (exact) mass is 599 g/mol. The molecule has 2 unspecified atom stereocenters. The van der Waals surface area contributed by atoms with Crippen molar-refractivity contribution in [3.63, 3.8) is 0 Å². The summed E-state index contributed by atoms with van der Waals surface area (Å²) >= 11 is 0. The van der Waals surface area contributed by atoms with Gasteiger partial charge >= 0.3 is 18.7 Å². The third kappa shape index (κ3) is 7.98. The maximum absolute atomic E-state index is 13.1. The van der Waals surface area contributed by atoms with Crippen molar-refractivity contribution >= 4 is 23.5 Å². The molecule has 2 heterocycles. The molecule has 3 amide bonds. The maximum atomic E-state index is 13.1. The van der Waals surface area contributed by atoms with Crippen molar-refractivity contribution in [1.29, 1.82) is 0 Å². The fourth-order valence-electron chi connectivity index (χ4n) is 4.98. The number of hydrogen-bond donors (Lipinski definition) is 3. The van der Waals surface area contributed by atoms with Gasteiger partial charge in [-0.05, 0) is 37.5 Å². The number of aliphatic hydroxyl groups excluding tert-OH is 1. The normalized spacial score (nSPS) is 24.3. The summed E-state index contributed by atoms with van der Waals surface area (Å²) in [5.74, 6) is -9.36. The van der Waals surface area contributed by atoms with Crippen molar-refractivity contribution < 1.29 is 68.5 Å². The van der Waals surface area contributed by atoms with Gasteiger partial charge in [0, 0.05) is 25.4 Å². The minimum Gasteiger partial charge on any atom is -0.383 e. The second-order valence-electron chi connectivity index (χ2n) is 10.3. The molecule has 40 heavy (non-hydrogen) atoms. The molecule has 18 heteroatoms. The number of nitrogens with one attached hydrogen (secondary N) is 2. The Balaban J connectivity index is 1.77. The fraction of sp³-hybridized carbons (Fsp3) is 0.818. The molecule has 1 aliphatic carbocycles. The summed E-state index contributed by atoms with van der Waals surface area (Å²) in [5.41, 5.74) is -0.685. The Hall–Kier alpha value is -2.63. The summed E-state index contributed by atoms with van der Waals surface area (Å²) in [6, 6.07) is -3.24. The highest BCUT2D eigenvalue weighted by molar-refractivity contribution is 5.95. The fourth-order valence-corrected chi connectivity index (χ4v) is 4.98. The van der Waals surface area contributed by atoms with Crippen molar-refractivity contribution in [2.45, 2.75) is 75.4 Å². The van der Waals surface area contributed by atoms with Gasteiger partial charge in [-0.2, -0.15) is 26.3 Å². The zero-order valence-electron chi connectivity index (χ0n) is 20.6. The molecule has 2 saturated heterocycles. The summed E-state index contributed by atoms with van der Waals surface area (Å²) in [7, 11) is 0. The molecule has 0 radical (unpaired) electrons. The number of halogens is 9. The highest BCUT2D eigenvalue weighted by atomic mass is 19.4. The smallest absolute Gasteiger partial charge is 0.383 e. The highest BCUT2D eigenvalue weighted by Gasteiger charge is 2.59. The standard InChI is InChI=1S/C22H26F9N3O6/c23-20(24,25)15(21(26,27)28)6-13(35)18(39)34-9-19(2-3-19)7-12(34)17(38)33-11(5-10-1-4-32-16(10)37)14(36)8-40-22(29,30)31/h10-13,15,35H,1-9H2,(H,32,37)(H,33,38)/t10-,11?,12-,13?/m0/s1. The van der Waals surface area contributed by atoms with Crippen LogP contribution in [0.15, 0.2) is 0 Å².